The fourth-order valence-corrected chi connectivity index (χ4v) is 4.64. The summed E-state index contributed by atoms with van der Waals surface area (Å²) >= 11 is 3.12. The molecule has 0 aliphatic rings. The molecular formula is C17H16BrNO7S. The minimum absolute atomic E-state index is 0.106. The Morgan fingerprint density at radius 2 is 1.67 bits per heavy atom. The van der Waals surface area contributed by atoms with E-state index in [2.05, 4.69) is 20.7 Å². The summed E-state index contributed by atoms with van der Waals surface area (Å²) in [4.78, 5) is 23.2. The number of aromatic carboxylic acids is 1. The van der Waals surface area contributed by atoms with Gasteiger partial charge >= 0.3 is 11.9 Å². The molecule has 0 amide bonds. The van der Waals surface area contributed by atoms with Gasteiger partial charge in [-0.15, -0.1) is 0 Å². The number of carbonyl (C=O) groups is 2. The molecule has 0 bridgehead atoms. The van der Waals surface area contributed by atoms with Crippen LogP contribution in [0.5, 0.6) is 5.75 Å². The largest absolute Gasteiger partial charge is 0.497 e. The first-order chi connectivity index (χ1) is 12.6. The predicted octanol–water partition coefficient (Wildman–Crippen LogP) is 2.67. The van der Waals surface area contributed by atoms with Gasteiger partial charge in [-0.3, -0.25) is 0 Å². The Balaban J connectivity index is 2.99. The van der Waals surface area contributed by atoms with Gasteiger partial charge in [0.1, 0.15) is 16.2 Å². The highest BCUT2D eigenvalue weighted by Crippen LogP contribution is 2.39. The molecule has 27 heavy (non-hydrogen) atoms. The van der Waals surface area contributed by atoms with Crippen molar-refractivity contribution in [1.82, 2.24) is 0 Å². The van der Waals surface area contributed by atoms with Gasteiger partial charge in [0, 0.05) is 4.47 Å². The van der Waals surface area contributed by atoms with Crippen LogP contribution in [0.4, 0.5) is 5.69 Å². The highest BCUT2D eigenvalue weighted by Gasteiger charge is 2.35. The molecule has 3 N–H and O–H groups in total. The number of sulfone groups is 1. The zero-order chi connectivity index (χ0) is 20.5. The normalized spacial score (nSPS) is 11.1. The van der Waals surface area contributed by atoms with Crippen molar-refractivity contribution in [3.63, 3.8) is 0 Å². The minimum Gasteiger partial charge on any atom is -0.497 e. The molecule has 0 spiro atoms. The van der Waals surface area contributed by atoms with E-state index in [0.717, 1.165) is 7.11 Å². The molecular weight excluding hydrogens is 442 g/mol. The van der Waals surface area contributed by atoms with E-state index in [1.165, 1.54) is 38.3 Å². The molecule has 0 fully saturated rings. The summed E-state index contributed by atoms with van der Waals surface area (Å²) in [5.74, 6) is -2.18. The molecule has 0 aliphatic carbocycles. The van der Waals surface area contributed by atoms with E-state index in [9.17, 15) is 23.1 Å². The highest BCUT2D eigenvalue weighted by molar-refractivity contribution is 9.10. The molecule has 8 nitrogen and oxygen atoms in total. The third kappa shape index (κ3) is 3.50. The molecule has 2 aromatic rings. The van der Waals surface area contributed by atoms with E-state index in [1.807, 2.05) is 0 Å². The Morgan fingerprint density at radius 1 is 1.11 bits per heavy atom. The van der Waals surface area contributed by atoms with E-state index in [1.54, 1.807) is 0 Å². The van der Waals surface area contributed by atoms with E-state index in [0.29, 0.717) is 5.75 Å². The Morgan fingerprint density at radius 3 is 2.11 bits per heavy atom. The van der Waals surface area contributed by atoms with Crippen LogP contribution < -0.4 is 10.5 Å². The zero-order valence-electron chi connectivity index (χ0n) is 14.6. The molecule has 0 atom stereocenters. The number of rotatable bonds is 5. The topological polar surface area (TPSA) is 133 Å². The molecule has 2 aromatic carbocycles. The maximum Gasteiger partial charge on any atom is 0.339 e. The molecule has 0 aromatic heterocycles. The van der Waals surface area contributed by atoms with E-state index >= 15 is 0 Å². The summed E-state index contributed by atoms with van der Waals surface area (Å²) in [6.45, 7) is 1.44. The van der Waals surface area contributed by atoms with Gasteiger partial charge in [0.15, 0.2) is 0 Å². The van der Waals surface area contributed by atoms with Gasteiger partial charge in [0.25, 0.3) is 0 Å². The number of hydrogen-bond acceptors (Lipinski definition) is 7. The number of esters is 1. The van der Waals surface area contributed by atoms with Crippen molar-refractivity contribution < 1.29 is 32.6 Å². The van der Waals surface area contributed by atoms with E-state index in [-0.39, 0.29) is 20.6 Å². The third-order valence-electron chi connectivity index (χ3n) is 3.91. The number of nitrogen functional groups attached to an aromatic ring is 1. The molecule has 144 valence electrons. The Bertz CT molecular complexity index is 1030. The first kappa shape index (κ1) is 20.7. The second kappa shape index (κ2) is 7.57. The fraction of sp³-hybridized carbons (Fsp3) is 0.176. The van der Waals surface area contributed by atoms with Gasteiger partial charge in [-0.2, -0.15) is 0 Å². The van der Waals surface area contributed by atoms with Crippen molar-refractivity contribution in [3.05, 3.63) is 45.4 Å². The number of methoxy groups -OCH3 is 2. The minimum atomic E-state index is -4.43. The lowest BCUT2D eigenvalue weighted by atomic mass is 10.0. The van der Waals surface area contributed by atoms with Crippen molar-refractivity contribution in [2.75, 3.05) is 20.0 Å². The number of anilines is 1. The van der Waals surface area contributed by atoms with Crippen LogP contribution in [0.1, 0.15) is 26.3 Å². The second-order valence-corrected chi connectivity index (χ2v) is 8.09. The third-order valence-corrected chi connectivity index (χ3v) is 6.77. The van der Waals surface area contributed by atoms with Crippen LogP contribution in [0.3, 0.4) is 0 Å². The summed E-state index contributed by atoms with van der Waals surface area (Å²) in [6.07, 6.45) is 0. The Hall–Kier alpha value is -2.59. The smallest absolute Gasteiger partial charge is 0.339 e. The lowest BCUT2D eigenvalue weighted by Crippen LogP contribution is -2.20. The van der Waals surface area contributed by atoms with Gasteiger partial charge in [-0.1, -0.05) is 0 Å². The van der Waals surface area contributed by atoms with Crippen molar-refractivity contribution in [3.8, 4) is 5.75 Å². The summed E-state index contributed by atoms with van der Waals surface area (Å²) < 4.78 is 36.2. The molecule has 2 rings (SSSR count). The van der Waals surface area contributed by atoms with Gasteiger partial charge in [-0.25, -0.2) is 18.0 Å². The van der Waals surface area contributed by atoms with Crippen LogP contribution in [-0.4, -0.2) is 39.7 Å². The Labute approximate surface area is 163 Å². The standard InChI is InChI=1S/C17H16BrNO7S/c1-8-11(17(22)26-3)15(12(16(20)21)14(19)13(8)18)27(23,24)10-6-4-9(25-2)5-7-10/h4-7H,19H2,1-3H3,(H,20,21). The SMILES string of the molecule is COC(=O)c1c(C)c(Br)c(N)c(C(=O)O)c1S(=O)(=O)c1ccc(OC)cc1. The average molecular weight is 458 g/mol. The number of carboxylic acid groups (broad SMARTS) is 1. The summed E-state index contributed by atoms with van der Waals surface area (Å²) in [7, 11) is -1.94. The van der Waals surface area contributed by atoms with Crippen molar-refractivity contribution >= 4 is 43.4 Å². The molecule has 0 saturated heterocycles. The molecule has 0 unspecified atom stereocenters. The van der Waals surface area contributed by atoms with Crippen LogP contribution in [0, 0.1) is 6.92 Å². The average Bonchev–Trinajstić information content (AvgIpc) is 2.64. The lowest BCUT2D eigenvalue weighted by Gasteiger charge is -2.18. The summed E-state index contributed by atoms with van der Waals surface area (Å²) in [5, 5.41) is 9.60. The maximum absolute atomic E-state index is 13.2. The van der Waals surface area contributed by atoms with Gasteiger partial charge in [-0.05, 0) is 52.7 Å². The monoisotopic (exact) mass is 457 g/mol. The first-order valence-electron chi connectivity index (χ1n) is 7.40. The van der Waals surface area contributed by atoms with Crippen LogP contribution in [0.25, 0.3) is 0 Å². The van der Waals surface area contributed by atoms with Crippen molar-refractivity contribution in [2.24, 2.45) is 0 Å². The number of nitrogens with two attached hydrogens (primary N) is 1. The van der Waals surface area contributed by atoms with Gasteiger partial charge < -0.3 is 20.3 Å². The van der Waals surface area contributed by atoms with Crippen LogP contribution in [0.15, 0.2) is 38.5 Å². The number of benzene rings is 2. The lowest BCUT2D eigenvalue weighted by molar-refractivity contribution is 0.0595. The van der Waals surface area contributed by atoms with Crippen molar-refractivity contribution in [1.29, 1.82) is 0 Å². The van der Waals surface area contributed by atoms with Crippen LogP contribution in [0.2, 0.25) is 0 Å². The van der Waals surface area contributed by atoms with Gasteiger partial charge in [0.05, 0.1) is 30.4 Å². The van der Waals surface area contributed by atoms with Gasteiger partial charge in [0.2, 0.25) is 9.84 Å². The molecule has 0 radical (unpaired) electrons. The number of hydrogen-bond donors (Lipinski definition) is 2. The number of carbonyl (C=O) groups excluding carboxylic acids is 1. The molecule has 10 heteroatoms. The predicted molar refractivity (Wildman–Crippen MR) is 100 cm³/mol. The van der Waals surface area contributed by atoms with Crippen LogP contribution in [-0.2, 0) is 14.6 Å². The zero-order valence-corrected chi connectivity index (χ0v) is 17.0. The Kier molecular flexibility index (Phi) is 5.81. The number of halogens is 1. The fourth-order valence-electron chi connectivity index (χ4n) is 2.54. The summed E-state index contributed by atoms with van der Waals surface area (Å²) in [5.41, 5.74) is 4.59. The highest BCUT2D eigenvalue weighted by atomic mass is 79.9. The maximum atomic E-state index is 13.2. The first-order valence-corrected chi connectivity index (χ1v) is 9.67. The van der Waals surface area contributed by atoms with Crippen molar-refractivity contribution in [2.45, 2.75) is 16.7 Å². The second-order valence-electron chi connectivity index (χ2n) is 5.41. The number of ether oxygens (including phenoxy) is 2. The molecule has 0 aliphatic heterocycles. The molecule has 0 saturated carbocycles. The van der Waals surface area contributed by atoms with E-state index in [4.69, 9.17) is 10.5 Å². The van der Waals surface area contributed by atoms with E-state index < -0.39 is 37.8 Å². The van der Waals surface area contributed by atoms with Crippen LogP contribution >= 0.6 is 15.9 Å². The quantitative estimate of drug-likeness (QED) is 0.516. The number of carboxylic acids is 1. The summed E-state index contributed by atoms with van der Waals surface area (Å²) in [6, 6.07) is 5.29. The molecule has 0 heterocycles.